The summed E-state index contributed by atoms with van der Waals surface area (Å²) >= 11 is 1.86. The van der Waals surface area contributed by atoms with Gasteiger partial charge in [-0.05, 0) is 209 Å². The number of hydrogen-bond acceptors (Lipinski definition) is 3. The van der Waals surface area contributed by atoms with Crippen molar-refractivity contribution >= 4 is 206 Å². The third-order valence-corrected chi connectivity index (χ3v) is 31.6. The average Bonchev–Trinajstić information content (AvgIpc) is 1.57. The van der Waals surface area contributed by atoms with E-state index in [9.17, 15) is 0 Å². The zero-order valence-electron chi connectivity index (χ0n) is 79.6. The van der Waals surface area contributed by atoms with Gasteiger partial charge >= 0.3 is 0 Å². The second kappa shape index (κ2) is 33.7. The number of para-hydroxylation sites is 13. The van der Waals surface area contributed by atoms with Crippen LogP contribution in [0, 0.1) is 0 Å². The molecule has 0 spiro atoms. The third kappa shape index (κ3) is 13.4. The smallest absolute Gasteiger partial charge is 0.143 e. The van der Waals surface area contributed by atoms with Crippen LogP contribution in [0.1, 0.15) is 0 Å². The second-order valence-corrected chi connectivity index (χ2v) is 39.5. The van der Waals surface area contributed by atoms with Crippen LogP contribution >= 0.6 is 11.3 Å². The number of rotatable bonds is 11. The van der Waals surface area contributed by atoms with Crippen LogP contribution in [0.2, 0.25) is 0 Å². The second-order valence-electron chi connectivity index (χ2n) is 38.4. The third-order valence-electron chi connectivity index (χ3n) is 30.4. The maximum absolute atomic E-state index is 6.73. The number of hydrogen-bond donors (Lipinski definition) is 0. The summed E-state index contributed by atoms with van der Waals surface area (Å²) < 4.78 is 30.1. The van der Waals surface area contributed by atoms with Gasteiger partial charge in [-0.25, -0.2) is 0 Å². The fraction of sp³-hybridized carbons (Fsp3) is 0. The molecule has 9 aromatic heterocycles. The van der Waals surface area contributed by atoms with E-state index in [0.717, 1.165) is 106 Å². The lowest BCUT2D eigenvalue weighted by molar-refractivity contribution is 0.670. The molecule has 0 fully saturated rings. The van der Waals surface area contributed by atoms with Gasteiger partial charge in [-0.1, -0.05) is 352 Å². The monoisotopic (exact) mass is 1890 g/mol. The minimum Gasteiger partial charge on any atom is -0.455 e. The van der Waals surface area contributed by atoms with Crippen molar-refractivity contribution in [1.29, 1.82) is 0 Å². The van der Waals surface area contributed by atoms with Crippen LogP contribution in [0.15, 0.2) is 531 Å². The molecule has 9 heteroatoms. The number of nitrogens with zero attached hydrogens (tertiary/aromatic N) is 6. The Balaban J connectivity index is 0.000000102. The molecule has 0 amide bonds. The van der Waals surface area contributed by atoms with Crippen LogP contribution in [0.3, 0.4) is 0 Å². The Morgan fingerprint density at radius 1 is 0.129 bits per heavy atom. The van der Waals surface area contributed by atoms with Gasteiger partial charge < -0.3 is 36.2 Å². The first kappa shape index (κ1) is 83.5. The standard InChI is InChI=1S/2C48H30N2O.C42H26N2S/c1-5-19-43-37(13-1)38-14-2-6-20-44(38)50(43)35-27-28-46-42(30-35)39-15-3-7-21-45(39)49(46)34-12-9-11-33(29-34)31-23-25-32(26-24-31)36-17-10-18-41-40-16-4-8-22-47(40)51-48(36)41;1-2-12-31(13-3-1)35-17-10-19-40-41-20-11-18-36(48(41)51-47(35)40)32-24-26-33(27-25-32)49-45-23-9-6-16-39(45)42-30-34(28-29-46(42)49)50-43-21-7-4-14-37(43)38-15-5-8-22-44(38)50;1-5-13-37-31(9-1)32-10-2-6-14-38(32)44(37)30-22-23-40-35(26-30)33-11-3-7-15-39(33)43(40)29-20-17-27(18-21-29)28-19-24-42-36(25-28)34-12-4-8-16-41(34)45-42/h2*1-30H;1-26H. The zero-order valence-corrected chi connectivity index (χ0v) is 80.4. The number of furan rings is 2. The molecule has 32 rings (SSSR count). The van der Waals surface area contributed by atoms with Crippen LogP contribution < -0.4 is 0 Å². The lowest BCUT2D eigenvalue weighted by Gasteiger charge is -2.12. The SMILES string of the molecule is c1cc(-c2ccc(-c3cccc4c3oc3ccccc34)cc2)cc(-n2c3ccccc3c3cc(-n4c5ccccc5c5ccccc54)ccc32)c1.c1ccc(-c2cccc3c2oc2c(-c4ccc(-n5c6ccccc6c6cc(-n7c8ccccc8c8ccccc87)ccc65)cc4)cccc23)cc1.c1ccc2c(c1)sc1ccc(-c3ccc(-n4c5ccccc5c5cc(-n6c7ccccc7c7ccccc76)ccc54)cc3)cc12. The van der Waals surface area contributed by atoms with Crippen LogP contribution in [0.25, 0.3) is 285 Å². The Labute approximate surface area is 847 Å². The van der Waals surface area contributed by atoms with E-state index in [1.165, 1.54) is 179 Å². The Bertz CT molecular complexity index is 10800. The highest BCUT2D eigenvalue weighted by molar-refractivity contribution is 7.25. The summed E-state index contributed by atoms with van der Waals surface area (Å²) in [6, 6.07) is 189. The van der Waals surface area contributed by atoms with Crippen molar-refractivity contribution in [2.45, 2.75) is 0 Å². The predicted octanol–water partition coefficient (Wildman–Crippen LogP) is 38.1. The molecule has 32 aromatic rings. The highest BCUT2D eigenvalue weighted by Gasteiger charge is 2.25. The van der Waals surface area contributed by atoms with Crippen LogP contribution in [0.4, 0.5) is 0 Å². The average molecular weight is 1890 g/mol. The fourth-order valence-electron chi connectivity index (χ4n) is 23.8. The van der Waals surface area contributed by atoms with Gasteiger partial charge in [0.05, 0.1) is 66.2 Å². The maximum atomic E-state index is 6.73. The lowest BCUT2D eigenvalue weighted by atomic mass is 9.98. The molecule has 0 saturated heterocycles. The van der Waals surface area contributed by atoms with Gasteiger partial charge in [0.25, 0.3) is 0 Å². The summed E-state index contributed by atoms with van der Waals surface area (Å²) in [6.07, 6.45) is 0. The van der Waals surface area contributed by atoms with Gasteiger partial charge in [-0.3, -0.25) is 0 Å². The van der Waals surface area contributed by atoms with E-state index in [2.05, 4.69) is 531 Å². The van der Waals surface area contributed by atoms with Gasteiger partial charge in [0, 0.05) is 157 Å². The van der Waals surface area contributed by atoms with Gasteiger partial charge in [0.1, 0.15) is 22.3 Å². The highest BCUT2D eigenvalue weighted by Crippen LogP contribution is 2.48. The van der Waals surface area contributed by atoms with E-state index in [4.69, 9.17) is 8.83 Å². The van der Waals surface area contributed by atoms with Gasteiger partial charge in [0.15, 0.2) is 0 Å². The van der Waals surface area contributed by atoms with Crippen molar-refractivity contribution < 1.29 is 8.83 Å². The van der Waals surface area contributed by atoms with E-state index < -0.39 is 0 Å². The zero-order chi connectivity index (χ0) is 96.4. The van der Waals surface area contributed by atoms with Gasteiger partial charge in [-0.15, -0.1) is 11.3 Å². The molecule has 0 radical (unpaired) electrons. The summed E-state index contributed by atoms with van der Waals surface area (Å²) in [6.45, 7) is 0. The number of benzene rings is 23. The Hall–Kier alpha value is -19.3. The number of thiophene rings is 1. The molecular formula is C138H86N6O2S. The molecule has 0 aliphatic rings. The minimum atomic E-state index is 0.915. The Kier molecular flexibility index (Phi) is 19.1. The number of fused-ring (bicyclic) bond motifs is 27. The summed E-state index contributed by atoms with van der Waals surface area (Å²) in [4.78, 5) is 0. The van der Waals surface area contributed by atoms with Gasteiger partial charge in [0.2, 0.25) is 0 Å². The molecule has 0 aliphatic carbocycles. The molecule has 147 heavy (non-hydrogen) atoms. The Morgan fingerprint density at radius 2 is 0.381 bits per heavy atom. The first-order valence-corrected chi connectivity index (χ1v) is 51.0. The normalized spacial score (nSPS) is 11.9. The number of aromatic nitrogens is 6. The summed E-state index contributed by atoms with van der Waals surface area (Å²) in [5, 5.41) is 22.3. The quantitative estimate of drug-likeness (QED) is 0.130. The van der Waals surface area contributed by atoms with Crippen LogP contribution in [-0.2, 0) is 0 Å². The highest BCUT2D eigenvalue weighted by atomic mass is 32.1. The molecule has 0 saturated carbocycles. The van der Waals surface area contributed by atoms with E-state index in [1.54, 1.807) is 0 Å². The summed E-state index contributed by atoms with van der Waals surface area (Å²) in [5.41, 5.74) is 36.6. The summed E-state index contributed by atoms with van der Waals surface area (Å²) in [7, 11) is 0. The first-order valence-electron chi connectivity index (χ1n) is 50.2. The molecular weight excluding hydrogens is 1810 g/mol. The molecule has 0 aliphatic heterocycles. The summed E-state index contributed by atoms with van der Waals surface area (Å²) in [5.74, 6) is 0. The predicted molar refractivity (Wildman–Crippen MR) is 620 cm³/mol. The topological polar surface area (TPSA) is 55.9 Å². The molecule has 9 heterocycles. The molecule has 0 atom stereocenters. The maximum Gasteiger partial charge on any atom is 0.143 e. The fourth-order valence-corrected chi connectivity index (χ4v) is 24.9. The van der Waals surface area contributed by atoms with E-state index >= 15 is 0 Å². The molecule has 686 valence electrons. The molecule has 8 nitrogen and oxygen atoms in total. The molecule has 0 unspecified atom stereocenters. The Morgan fingerprint density at radius 3 is 0.789 bits per heavy atom. The van der Waals surface area contributed by atoms with Crippen molar-refractivity contribution in [3.05, 3.63) is 522 Å². The molecule has 23 aromatic carbocycles. The first-order chi connectivity index (χ1) is 72.9. The van der Waals surface area contributed by atoms with Crippen molar-refractivity contribution in [2.24, 2.45) is 0 Å². The van der Waals surface area contributed by atoms with Crippen molar-refractivity contribution in [3.63, 3.8) is 0 Å². The largest absolute Gasteiger partial charge is 0.455 e. The van der Waals surface area contributed by atoms with Crippen molar-refractivity contribution in [2.75, 3.05) is 0 Å². The van der Waals surface area contributed by atoms with Crippen molar-refractivity contribution in [3.8, 4) is 89.8 Å². The van der Waals surface area contributed by atoms with E-state index in [-0.39, 0.29) is 0 Å². The van der Waals surface area contributed by atoms with Crippen LogP contribution in [0.5, 0.6) is 0 Å². The van der Waals surface area contributed by atoms with Crippen LogP contribution in [-0.4, -0.2) is 27.4 Å². The lowest BCUT2D eigenvalue weighted by Crippen LogP contribution is -1.96. The minimum absolute atomic E-state index is 0.915. The van der Waals surface area contributed by atoms with Gasteiger partial charge in [-0.2, -0.15) is 0 Å². The molecule has 0 bridgehead atoms. The van der Waals surface area contributed by atoms with Crippen molar-refractivity contribution in [1.82, 2.24) is 27.4 Å². The van der Waals surface area contributed by atoms with E-state index in [0.29, 0.717) is 0 Å². The van der Waals surface area contributed by atoms with E-state index in [1.807, 2.05) is 29.5 Å². The molecule has 0 N–H and O–H groups in total.